The van der Waals surface area contributed by atoms with Crippen LogP contribution in [0.4, 0.5) is 0 Å². The van der Waals surface area contributed by atoms with Crippen molar-refractivity contribution in [2.24, 2.45) is 0 Å². The Morgan fingerprint density at radius 1 is 0.788 bits per heavy atom. The van der Waals surface area contributed by atoms with E-state index in [0.29, 0.717) is 0 Å². The lowest BCUT2D eigenvalue weighted by Crippen LogP contribution is -2.41. The third kappa shape index (κ3) is 2.14. The van der Waals surface area contributed by atoms with Gasteiger partial charge in [0.2, 0.25) is 0 Å². The first-order valence-electron chi connectivity index (χ1n) is 11.5. The molecule has 0 saturated carbocycles. The summed E-state index contributed by atoms with van der Waals surface area (Å²) in [6.07, 6.45) is 15.4. The van der Waals surface area contributed by atoms with Crippen LogP contribution in [0.1, 0.15) is 28.3 Å². The van der Waals surface area contributed by atoms with Gasteiger partial charge < -0.3 is 14.2 Å². The Morgan fingerprint density at radius 2 is 1.67 bits per heavy atom. The van der Waals surface area contributed by atoms with Gasteiger partial charge in [0.05, 0.1) is 11.7 Å². The summed E-state index contributed by atoms with van der Waals surface area (Å²) in [7, 11) is 0. The second-order valence-corrected chi connectivity index (χ2v) is 8.92. The Balaban J connectivity index is 1.53. The second kappa shape index (κ2) is 6.17. The van der Waals surface area contributed by atoms with Gasteiger partial charge in [-0.05, 0) is 35.4 Å². The number of rotatable bonds is 0. The number of para-hydroxylation sites is 1. The molecule has 3 nitrogen and oxygen atoms in total. The van der Waals surface area contributed by atoms with E-state index >= 15 is 0 Å². The molecule has 1 aromatic heterocycles. The van der Waals surface area contributed by atoms with E-state index in [0.717, 1.165) is 17.7 Å². The van der Waals surface area contributed by atoms with Crippen molar-refractivity contribution in [3.8, 4) is 0 Å². The van der Waals surface area contributed by atoms with Gasteiger partial charge in [-0.25, -0.2) is 0 Å². The lowest BCUT2D eigenvalue weighted by Gasteiger charge is -2.47. The fraction of sp³-hybridized carbons (Fsp3) is 0.0667. The standard InChI is InChI=1S/C30H20N2O/c1-2-11-21-19(9-1)24-12-5-7-17-31(24)30-27(21)23-16-15-22-20-10-3-4-14-26(20)33-29(22)28(23)25-13-6-8-18-32(25)30/h1-16,18,25H,17H2. The highest BCUT2D eigenvalue weighted by Gasteiger charge is 2.41. The molecule has 0 N–H and O–H groups in total. The van der Waals surface area contributed by atoms with Crippen LogP contribution >= 0.6 is 0 Å². The van der Waals surface area contributed by atoms with Crippen LogP contribution in [0.2, 0.25) is 0 Å². The van der Waals surface area contributed by atoms with E-state index in [1.54, 1.807) is 0 Å². The SMILES string of the molecule is C1=CCN2C(=C1)c1ccccc1C1=C2N2C=CC=CC2c2c1ccc1c2oc2ccccc21. The monoisotopic (exact) mass is 424 g/mol. The highest BCUT2D eigenvalue weighted by atomic mass is 16.3. The molecule has 0 amide bonds. The van der Waals surface area contributed by atoms with Crippen LogP contribution in [0, 0.1) is 0 Å². The maximum atomic E-state index is 6.53. The summed E-state index contributed by atoms with van der Waals surface area (Å²) >= 11 is 0. The summed E-state index contributed by atoms with van der Waals surface area (Å²) in [5.41, 5.74) is 9.56. The van der Waals surface area contributed by atoms with Crippen molar-refractivity contribution in [2.75, 3.05) is 6.54 Å². The van der Waals surface area contributed by atoms with Crippen LogP contribution < -0.4 is 0 Å². The summed E-state index contributed by atoms with van der Waals surface area (Å²) in [4.78, 5) is 4.88. The normalized spacial score (nSPS) is 19.9. The van der Waals surface area contributed by atoms with Crippen LogP contribution in [-0.2, 0) is 0 Å². The summed E-state index contributed by atoms with van der Waals surface area (Å²) in [5, 5.41) is 2.36. The summed E-state index contributed by atoms with van der Waals surface area (Å²) in [6.45, 7) is 0.863. The van der Waals surface area contributed by atoms with E-state index in [-0.39, 0.29) is 6.04 Å². The molecule has 8 rings (SSSR count). The fourth-order valence-electron chi connectivity index (χ4n) is 5.92. The van der Waals surface area contributed by atoms with E-state index in [4.69, 9.17) is 4.42 Å². The van der Waals surface area contributed by atoms with Crippen LogP contribution in [0.15, 0.2) is 114 Å². The Hall–Kier alpha value is -4.24. The summed E-state index contributed by atoms with van der Waals surface area (Å²) in [5.74, 6) is 1.25. The predicted molar refractivity (Wildman–Crippen MR) is 133 cm³/mol. The molecular weight excluding hydrogens is 404 g/mol. The fourth-order valence-corrected chi connectivity index (χ4v) is 5.92. The van der Waals surface area contributed by atoms with Gasteiger partial charge in [-0.1, -0.05) is 72.8 Å². The van der Waals surface area contributed by atoms with Crippen molar-refractivity contribution in [1.82, 2.24) is 9.80 Å². The highest BCUT2D eigenvalue weighted by molar-refractivity contribution is 6.08. The zero-order valence-corrected chi connectivity index (χ0v) is 17.9. The van der Waals surface area contributed by atoms with Gasteiger partial charge in [0.15, 0.2) is 0 Å². The molecule has 0 fully saturated rings. The first-order chi connectivity index (χ1) is 16.4. The van der Waals surface area contributed by atoms with Crippen molar-refractivity contribution >= 4 is 33.2 Å². The van der Waals surface area contributed by atoms with Crippen molar-refractivity contribution in [3.63, 3.8) is 0 Å². The number of hydrogen-bond donors (Lipinski definition) is 0. The molecule has 0 saturated heterocycles. The minimum atomic E-state index is 0.0884. The van der Waals surface area contributed by atoms with E-state index < -0.39 is 0 Å². The predicted octanol–water partition coefficient (Wildman–Crippen LogP) is 6.97. The van der Waals surface area contributed by atoms with Crippen LogP contribution in [0.5, 0.6) is 0 Å². The van der Waals surface area contributed by atoms with Crippen LogP contribution in [-0.4, -0.2) is 16.3 Å². The molecule has 0 radical (unpaired) electrons. The molecule has 3 heteroatoms. The molecule has 156 valence electrons. The third-order valence-corrected chi connectivity index (χ3v) is 7.27. The first kappa shape index (κ1) is 17.3. The average molecular weight is 425 g/mol. The van der Waals surface area contributed by atoms with Gasteiger partial charge in [0.25, 0.3) is 0 Å². The quantitative estimate of drug-likeness (QED) is 0.304. The highest BCUT2D eigenvalue weighted by Crippen LogP contribution is 2.53. The molecule has 4 aliphatic rings. The number of nitrogens with zero attached hydrogens (tertiary/aromatic N) is 2. The van der Waals surface area contributed by atoms with Crippen molar-refractivity contribution in [3.05, 3.63) is 131 Å². The van der Waals surface area contributed by atoms with Crippen LogP contribution in [0.25, 0.3) is 33.2 Å². The summed E-state index contributed by atoms with van der Waals surface area (Å²) < 4.78 is 6.53. The molecule has 0 aliphatic carbocycles. The minimum Gasteiger partial charge on any atom is -0.456 e. The number of allylic oxidation sites excluding steroid dienone is 4. The smallest absolute Gasteiger partial charge is 0.141 e. The van der Waals surface area contributed by atoms with E-state index in [9.17, 15) is 0 Å². The zero-order chi connectivity index (χ0) is 21.5. The van der Waals surface area contributed by atoms with E-state index in [1.165, 1.54) is 50.1 Å². The number of fused-ring (bicyclic) bond motifs is 14. The van der Waals surface area contributed by atoms with Gasteiger partial charge in [0.1, 0.15) is 17.0 Å². The Kier molecular flexibility index (Phi) is 3.24. The number of hydrogen-bond acceptors (Lipinski definition) is 3. The lowest BCUT2D eigenvalue weighted by atomic mass is 9.80. The second-order valence-electron chi connectivity index (χ2n) is 8.92. The largest absolute Gasteiger partial charge is 0.456 e. The molecule has 1 unspecified atom stereocenters. The number of furan rings is 1. The minimum absolute atomic E-state index is 0.0884. The van der Waals surface area contributed by atoms with Crippen LogP contribution in [0.3, 0.4) is 0 Å². The Bertz CT molecular complexity index is 1660. The molecular formula is C30H20N2O. The van der Waals surface area contributed by atoms with Gasteiger partial charge in [-0.2, -0.15) is 0 Å². The Morgan fingerprint density at radius 3 is 2.64 bits per heavy atom. The van der Waals surface area contributed by atoms with E-state index in [2.05, 4.69) is 107 Å². The average Bonchev–Trinajstić information content (AvgIpc) is 3.27. The molecule has 0 bridgehead atoms. The molecule has 4 aromatic rings. The topological polar surface area (TPSA) is 19.6 Å². The maximum Gasteiger partial charge on any atom is 0.141 e. The van der Waals surface area contributed by atoms with Gasteiger partial charge >= 0.3 is 0 Å². The number of benzene rings is 3. The molecule has 1 atom stereocenters. The van der Waals surface area contributed by atoms with Gasteiger partial charge in [-0.15, -0.1) is 0 Å². The van der Waals surface area contributed by atoms with Crippen molar-refractivity contribution in [2.45, 2.75) is 6.04 Å². The molecule has 3 aromatic carbocycles. The molecule has 33 heavy (non-hydrogen) atoms. The first-order valence-corrected chi connectivity index (χ1v) is 11.5. The van der Waals surface area contributed by atoms with Gasteiger partial charge in [0, 0.05) is 40.2 Å². The van der Waals surface area contributed by atoms with Crippen molar-refractivity contribution in [1.29, 1.82) is 0 Å². The summed E-state index contributed by atoms with van der Waals surface area (Å²) in [6, 6.07) is 21.8. The third-order valence-electron chi connectivity index (χ3n) is 7.27. The van der Waals surface area contributed by atoms with E-state index in [1.807, 2.05) is 6.07 Å². The molecule has 0 spiro atoms. The van der Waals surface area contributed by atoms with Crippen molar-refractivity contribution < 1.29 is 4.42 Å². The molecule has 5 heterocycles. The molecule has 4 aliphatic heterocycles. The van der Waals surface area contributed by atoms with Gasteiger partial charge in [-0.3, -0.25) is 0 Å². The lowest BCUT2D eigenvalue weighted by molar-refractivity contribution is 0.296. The Labute approximate surface area is 191 Å². The zero-order valence-electron chi connectivity index (χ0n) is 17.9. The maximum absolute atomic E-state index is 6.53.